The van der Waals surface area contributed by atoms with E-state index in [9.17, 15) is 5.11 Å². The van der Waals surface area contributed by atoms with Gasteiger partial charge in [-0.2, -0.15) is 0 Å². The van der Waals surface area contributed by atoms with Gasteiger partial charge in [0.25, 0.3) is 0 Å². The highest BCUT2D eigenvalue weighted by Gasteiger charge is 2.19. The normalized spacial score (nSPS) is 14.9. The molecule has 0 amide bonds. The first-order valence-electron chi connectivity index (χ1n) is 5.66. The van der Waals surface area contributed by atoms with E-state index >= 15 is 0 Å². The molecule has 0 bridgehead atoms. The van der Waals surface area contributed by atoms with Gasteiger partial charge in [-0.05, 0) is 12.1 Å². The molecule has 0 spiro atoms. The Kier molecular flexibility index (Phi) is 3.71. The number of aliphatic hydroxyl groups excluding tert-OH is 1. The van der Waals surface area contributed by atoms with Crippen LogP contribution in [0.5, 0.6) is 11.5 Å². The van der Waals surface area contributed by atoms with Crippen LogP contribution in [0, 0.1) is 11.5 Å². The molecule has 0 aliphatic carbocycles. The van der Waals surface area contributed by atoms with Crippen molar-refractivity contribution in [2.75, 3.05) is 6.79 Å². The van der Waals surface area contributed by atoms with Crippen LogP contribution in [0.2, 0.25) is 19.6 Å². The summed E-state index contributed by atoms with van der Waals surface area (Å²) in [5.41, 5.74) is 3.87. The summed E-state index contributed by atoms with van der Waals surface area (Å²) in [5, 5.41) is 10.1. The maximum atomic E-state index is 10.1. The van der Waals surface area contributed by atoms with E-state index < -0.39 is 14.2 Å². The Labute approximate surface area is 116 Å². The smallest absolute Gasteiger partial charge is 0.231 e. The van der Waals surface area contributed by atoms with Gasteiger partial charge in [0.2, 0.25) is 6.79 Å². The second kappa shape index (κ2) is 4.96. The van der Waals surface area contributed by atoms with Crippen LogP contribution in [0.25, 0.3) is 0 Å². The minimum atomic E-state index is -1.48. The number of rotatable bonds is 1. The van der Waals surface area contributed by atoms with Gasteiger partial charge in [0, 0.05) is 10.0 Å². The fourth-order valence-electron chi connectivity index (χ4n) is 1.51. The van der Waals surface area contributed by atoms with Gasteiger partial charge >= 0.3 is 0 Å². The molecule has 1 aliphatic heterocycles. The van der Waals surface area contributed by atoms with Crippen molar-refractivity contribution in [3.05, 3.63) is 22.2 Å². The molecule has 0 fully saturated rings. The summed E-state index contributed by atoms with van der Waals surface area (Å²) in [6.45, 7) is 6.64. The van der Waals surface area contributed by atoms with E-state index in [4.69, 9.17) is 9.47 Å². The van der Waals surface area contributed by atoms with Crippen molar-refractivity contribution in [3.63, 3.8) is 0 Å². The van der Waals surface area contributed by atoms with Gasteiger partial charge in [0.05, 0.1) is 0 Å². The molecular formula is C13H15BrO3Si. The third-order valence-electron chi connectivity index (χ3n) is 2.37. The highest BCUT2D eigenvalue weighted by Crippen LogP contribution is 2.38. The number of fused-ring (bicyclic) bond motifs is 1. The van der Waals surface area contributed by atoms with E-state index in [-0.39, 0.29) is 6.79 Å². The molecule has 0 saturated carbocycles. The Morgan fingerprint density at radius 1 is 1.28 bits per heavy atom. The lowest BCUT2D eigenvalue weighted by molar-refractivity contribution is 0.173. The zero-order valence-corrected chi connectivity index (χ0v) is 13.2. The third-order valence-corrected chi connectivity index (χ3v) is 3.95. The van der Waals surface area contributed by atoms with E-state index in [1.165, 1.54) is 0 Å². The minimum absolute atomic E-state index is 0.224. The molecule has 3 nitrogen and oxygen atoms in total. The highest BCUT2D eigenvalue weighted by molar-refractivity contribution is 9.10. The number of aliphatic hydroxyl groups is 1. The number of halogens is 1. The fraction of sp³-hybridized carbons (Fsp3) is 0.385. The second-order valence-electron chi connectivity index (χ2n) is 5.15. The molecule has 5 heteroatoms. The van der Waals surface area contributed by atoms with Crippen LogP contribution >= 0.6 is 15.9 Å². The maximum absolute atomic E-state index is 10.1. The third kappa shape index (κ3) is 3.08. The molecule has 1 aromatic carbocycles. The molecule has 0 saturated heterocycles. The minimum Gasteiger partial charge on any atom is -0.454 e. The Hall–Kier alpha value is -0.963. The van der Waals surface area contributed by atoms with Gasteiger partial charge in [0.1, 0.15) is 14.2 Å². The summed E-state index contributed by atoms with van der Waals surface area (Å²) in [4.78, 5) is 0. The molecule has 1 aliphatic rings. The zero-order chi connectivity index (χ0) is 13.3. The molecule has 1 N–H and O–H groups in total. The summed E-state index contributed by atoms with van der Waals surface area (Å²) in [6, 6.07) is 3.58. The Morgan fingerprint density at radius 2 is 1.89 bits per heavy atom. The molecular weight excluding hydrogens is 312 g/mol. The number of ether oxygens (including phenoxy) is 2. The quantitative estimate of drug-likeness (QED) is 0.636. The van der Waals surface area contributed by atoms with Crippen molar-refractivity contribution in [3.8, 4) is 23.0 Å². The van der Waals surface area contributed by atoms with E-state index in [1.54, 1.807) is 12.1 Å². The summed E-state index contributed by atoms with van der Waals surface area (Å²) < 4.78 is 11.3. The molecule has 18 heavy (non-hydrogen) atoms. The van der Waals surface area contributed by atoms with Crippen molar-refractivity contribution >= 4 is 24.0 Å². The molecule has 0 radical (unpaired) electrons. The molecule has 1 aromatic rings. The first-order chi connectivity index (χ1) is 8.37. The molecule has 1 heterocycles. The number of hydrogen-bond acceptors (Lipinski definition) is 3. The Morgan fingerprint density at radius 3 is 2.50 bits per heavy atom. The molecule has 1 atom stereocenters. The van der Waals surface area contributed by atoms with Crippen LogP contribution in [0.1, 0.15) is 11.7 Å². The van der Waals surface area contributed by atoms with Crippen molar-refractivity contribution in [1.82, 2.24) is 0 Å². The largest absolute Gasteiger partial charge is 0.454 e. The van der Waals surface area contributed by atoms with Gasteiger partial charge in [0.15, 0.2) is 11.5 Å². The van der Waals surface area contributed by atoms with E-state index in [0.717, 1.165) is 4.47 Å². The second-order valence-corrected chi connectivity index (χ2v) is 10.8. The van der Waals surface area contributed by atoms with Gasteiger partial charge in [-0.1, -0.05) is 41.5 Å². The number of hydrogen-bond donors (Lipinski definition) is 1. The summed E-state index contributed by atoms with van der Waals surface area (Å²) in [7, 11) is -1.48. The Balaban J connectivity index is 2.30. The van der Waals surface area contributed by atoms with Gasteiger partial charge in [-0.25, -0.2) is 0 Å². The molecule has 2 rings (SSSR count). The highest BCUT2D eigenvalue weighted by atomic mass is 79.9. The lowest BCUT2D eigenvalue weighted by Crippen LogP contribution is -2.16. The fourth-order valence-corrected chi connectivity index (χ4v) is 2.61. The SMILES string of the molecule is C[Si](C)(C)C#CC(O)c1cc2c(cc1Br)OCO2. The van der Waals surface area contributed by atoms with Gasteiger partial charge in [-0.3, -0.25) is 0 Å². The molecule has 1 unspecified atom stereocenters. The summed E-state index contributed by atoms with van der Waals surface area (Å²) >= 11 is 3.42. The average Bonchev–Trinajstić information content (AvgIpc) is 2.70. The van der Waals surface area contributed by atoms with Crippen molar-refractivity contribution in [1.29, 1.82) is 0 Å². The lowest BCUT2D eigenvalue weighted by Gasteiger charge is -2.10. The van der Waals surface area contributed by atoms with Crippen molar-refractivity contribution in [2.24, 2.45) is 0 Å². The monoisotopic (exact) mass is 326 g/mol. The topological polar surface area (TPSA) is 38.7 Å². The zero-order valence-electron chi connectivity index (χ0n) is 10.6. The first kappa shape index (κ1) is 13.5. The predicted molar refractivity (Wildman–Crippen MR) is 76.3 cm³/mol. The first-order valence-corrected chi connectivity index (χ1v) is 9.96. The van der Waals surface area contributed by atoms with Crippen molar-refractivity contribution in [2.45, 2.75) is 25.7 Å². The van der Waals surface area contributed by atoms with Crippen LogP contribution in [0.15, 0.2) is 16.6 Å². The van der Waals surface area contributed by atoms with Crippen molar-refractivity contribution < 1.29 is 14.6 Å². The lowest BCUT2D eigenvalue weighted by atomic mass is 10.1. The number of benzene rings is 1. The van der Waals surface area contributed by atoms with E-state index in [2.05, 4.69) is 47.0 Å². The average molecular weight is 327 g/mol. The van der Waals surface area contributed by atoms with Gasteiger partial charge < -0.3 is 14.6 Å². The van der Waals surface area contributed by atoms with E-state index in [1.807, 2.05) is 0 Å². The van der Waals surface area contributed by atoms with E-state index in [0.29, 0.717) is 17.1 Å². The van der Waals surface area contributed by atoms with Crippen LogP contribution in [0.3, 0.4) is 0 Å². The maximum Gasteiger partial charge on any atom is 0.231 e. The van der Waals surface area contributed by atoms with Crippen LogP contribution < -0.4 is 9.47 Å². The Bertz CT molecular complexity index is 526. The standard InChI is InChI=1S/C13H15BrO3Si/c1-18(2,3)5-4-11(15)9-6-12-13(7-10(9)14)17-8-16-12/h6-7,11,15H,8H2,1-3H3. The molecule has 96 valence electrons. The summed E-state index contributed by atoms with van der Waals surface area (Å²) in [5.74, 6) is 4.26. The van der Waals surface area contributed by atoms with Gasteiger partial charge in [-0.15, -0.1) is 5.54 Å². The van der Waals surface area contributed by atoms with Crippen LogP contribution in [0.4, 0.5) is 0 Å². The predicted octanol–water partition coefficient (Wildman–Crippen LogP) is 3.09. The summed E-state index contributed by atoms with van der Waals surface area (Å²) in [6.07, 6.45) is -0.805. The molecule has 0 aromatic heterocycles. The van der Waals surface area contributed by atoms with Crippen LogP contribution in [-0.2, 0) is 0 Å². The van der Waals surface area contributed by atoms with Crippen LogP contribution in [-0.4, -0.2) is 20.0 Å².